The number of amides is 1. The summed E-state index contributed by atoms with van der Waals surface area (Å²) in [5, 5.41) is 3.10. The van der Waals surface area contributed by atoms with E-state index in [4.69, 9.17) is 0 Å². The van der Waals surface area contributed by atoms with Gasteiger partial charge in [-0.15, -0.1) is 11.8 Å². The summed E-state index contributed by atoms with van der Waals surface area (Å²) in [5.74, 6) is 0.141. The fourth-order valence-corrected chi connectivity index (χ4v) is 4.81. The van der Waals surface area contributed by atoms with Gasteiger partial charge in [0.25, 0.3) is 0 Å². The van der Waals surface area contributed by atoms with E-state index in [2.05, 4.69) is 46.6 Å². The first-order valence-electron chi connectivity index (χ1n) is 9.10. The minimum absolute atomic E-state index is 0.00633. The molecule has 4 rings (SSSR count). The molecule has 0 aromatic heterocycles. The van der Waals surface area contributed by atoms with Crippen LogP contribution in [0, 0.1) is 0 Å². The van der Waals surface area contributed by atoms with Gasteiger partial charge in [-0.2, -0.15) is 0 Å². The molecule has 1 amide bonds. The fraction of sp³-hybridized carbons (Fsp3) is 0.381. The molecule has 3 nitrogen and oxygen atoms in total. The van der Waals surface area contributed by atoms with Crippen molar-refractivity contribution >= 4 is 17.7 Å². The van der Waals surface area contributed by atoms with E-state index in [0.717, 1.165) is 13.0 Å². The van der Waals surface area contributed by atoms with Crippen LogP contribution in [0.5, 0.6) is 0 Å². The largest absolute Gasteiger partial charge is 0.351 e. The summed E-state index contributed by atoms with van der Waals surface area (Å²) in [6, 6.07) is 17.0. The van der Waals surface area contributed by atoms with E-state index in [1.165, 1.54) is 47.5 Å². The highest BCUT2D eigenvalue weighted by Crippen LogP contribution is 2.36. The van der Waals surface area contributed by atoms with Gasteiger partial charge in [-0.25, -0.2) is 0 Å². The van der Waals surface area contributed by atoms with Crippen LogP contribution >= 0.6 is 11.8 Å². The molecule has 2 aromatic rings. The summed E-state index contributed by atoms with van der Waals surface area (Å²) in [5.41, 5.74) is 3.82. The molecule has 4 heteroatoms. The SMILES string of the molecule is O=C(NCc1ccc(CN2CCCC2)cc1)[C@H]1Cc2ccccc2S1. The van der Waals surface area contributed by atoms with E-state index in [1.807, 2.05) is 12.1 Å². The summed E-state index contributed by atoms with van der Waals surface area (Å²) in [4.78, 5) is 16.2. The number of fused-ring (bicyclic) bond motifs is 1. The first kappa shape index (κ1) is 16.7. The zero-order chi connectivity index (χ0) is 17.1. The molecule has 2 aliphatic heterocycles. The number of hydrogen-bond donors (Lipinski definition) is 1. The first-order valence-corrected chi connectivity index (χ1v) is 9.98. The van der Waals surface area contributed by atoms with Crippen LogP contribution in [0.1, 0.15) is 29.5 Å². The highest BCUT2D eigenvalue weighted by Gasteiger charge is 2.27. The van der Waals surface area contributed by atoms with Crippen LogP contribution in [0.25, 0.3) is 0 Å². The Balaban J connectivity index is 1.27. The first-order chi connectivity index (χ1) is 12.3. The van der Waals surface area contributed by atoms with E-state index in [0.29, 0.717) is 6.54 Å². The average molecular weight is 353 g/mol. The van der Waals surface area contributed by atoms with Gasteiger partial charge < -0.3 is 5.32 Å². The topological polar surface area (TPSA) is 32.3 Å². The smallest absolute Gasteiger partial charge is 0.234 e. The molecule has 0 spiro atoms. The summed E-state index contributed by atoms with van der Waals surface area (Å²) >= 11 is 1.68. The Hall–Kier alpha value is -1.78. The van der Waals surface area contributed by atoms with E-state index in [9.17, 15) is 4.79 Å². The van der Waals surface area contributed by atoms with Crippen molar-refractivity contribution in [3.05, 3.63) is 65.2 Å². The minimum atomic E-state index is 0.00633. The molecular weight excluding hydrogens is 328 g/mol. The lowest BCUT2D eigenvalue weighted by molar-refractivity contribution is -0.120. The van der Waals surface area contributed by atoms with Gasteiger partial charge in [0, 0.05) is 18.0 Å². The van der Waals surface area contributed by atoms with Gasteiger partial charge in [0.2, 0.25) is 5.91 Å². The van der Waals surface area contributed by atoms with Crippen LogP contribution in [-0.4, -0.2) is 29.1 Å². The summed E-state index contributed by atoms with van der Waals surface area (Å²) in [7, 11) is 0. The molecule has 1 saturated heterocycles. The number of nitrogens with zero attached hydrogens (tertiary/aromatic N) is 1. The Morgan fingerprint density at radius 3 is 2.52 bits per heavy atom. The lowest BCUT2D eigenvalue weighted by Crippen LogP contribution is -2.32. The molecule has 2 aromatic carbocycles. The van der Waals surface area contributed by atoms with Gasteiger partial charge in [-0.3, -0.25) is 9.69 Å². The lowest BCUT2D eigenvalue weighted by Gasteiger charge is -2.15. The third-order valence-corrected chi connectivity index (χ3v) is 6.35. The number of thioether (sulfide) groups is 1. The van der Waals surface area contributed by atoms with Crippen molar-refractivity contribution in [3.8, 4) is 0 Å². The zero-order valence-electron chi connectivity index (χ0n) is 14.4. The Kier molecular flexibility index (Phi) is 5.09. The third-order valence-electron chi connectivity index (χ3n) is 5.03. The summed E-state index contributed by atoms with van der Waals surface area (Å²) in [6.07, 6.45) is 3.49. The van der Waals surface area contributed by atoms with Crippen molar-refractivity contribution in [1.29, 1.82) is 0 Å². The maximum absolute atomic E-state index is 12.4. The third kappa shape index (κ3) is 4.07. The van der Waals surface area contributed by atoms with Gasteiger partial charge >= 0.3 is 0 Å². The molecule has 0 unspecified atom stereocenters. The molecule has 2 heterocycles. The second kappa shape index (κ2) is 7.63. The molecule has 0 radical (unpaired) electrons. The standard InChI is InChI=1S/C21H24N2OS/c24-21(20-13-18-5-1-2-6-19(18)25-20)22-14-16-7-9-17(10-8-16)15-23-11-3-4-12-23/h1-2,5-10,20H,3-4,11-15H2,(H,22,24)/t20-/m1/s1. The summed E-state index contributed by atoms with van der Waals surface area (Å²) in [6.45, 7) is 4.10. The van der Waals surface area contributed by atoms with Gasteiger partial charge in [0.15, 0.2) is 0 Å². The van der Waals surface area contributed by atoms with Crippen molar-refractivity contribution in [2.24, 2.45) is 0 Å². The highest BCUT2D eigenvalue weighted by atomic mass is 32.2. The van der Waals surface area contributed by atoms with Crippen LogP contribution in [0.3, 0.4) is 0 Å². The van der Waals surface area contributed by atoms with Crippen molar-refractivity contribution in [2.45, 2.75) is 42.5 Å². The number of carbonyl (C=O) groups excluding carboxylic acids is 1. The van der Waals surface area contributed by atoms with E-state index >= 15 is 0 Å². The van der Waals surface area contributed by atoms with Crippen LogP contribution in [-0.2, 0) is 24.3 Å². The molecule has 25 heavy (non-hydrogen) atoms. The zero-order valence-corrected chi connectivity index (χ0v) is 15.2. The Morgan fingerprint density at radius 1 is 1.04 bits per heavy atom. The fourth-order valence-electron chi connectivity index (χ4n) is 3.59. The van der Waals surface area contributed by atoms with Crippen molar-refractivity contribution < 1.29 is 4.79 Å². The second-order valence-corrected chi connectivity index (χ2v) is 8.18. The molecular formula is C21H24N2OS. The van der Waals surface area contributed by atoms with E-state index in [1.54, 1.807) is 11.8 Å². The second-order valence-electron chi connectivity index (χ2n) is 6.94. The molecule has 1 fully saturated rings. The number of nitrogens with one attached hydrogen (secondary N) is 1. The monoisotopic (exact) mass is 352 g/mol. The molecule has 0 bridgehead atoms. The van der Waals surface area contributed by atoms with Crippen molar-refractivity contribution in [3.63, 3.8) is 0 Å². The molecule has 0 aliphatic carbocycles. The maximum Gasteiger partial charge on any atom is 0.234 e. The number of hydrogen-bond acceptors (Lipinski definition) is 3. The van der Waals surface area contributed by atoms with Crippen LogP contribution in [0.4, 0.5) is 0 Å². The minimum Gasteiger partial charge on any atom is -0.351 e. The molecule has 130 valence electrons. The molecule has 1 atom stereocenters. The van der Waals surface area contributed by atoms with Gasteiger partial charge in [-0.1, -0.05) is 42.5 Å². The normalized spacial score (nSPS) is 19.8. The number of rotatable bonds is 5. The van der Waals surface area contributed by atoms with E-state index in [-0.39, 0.29) is 11.2 Å². The lowest BCUT2D eigenvalue weighted by atomic mass is 10.1. The number of carbonyl (C=O) groups is 1. The molecule has 1 N–H and O–H groups in total. The van der Waals surface area contributed by atoms with Crippen molar-refractivity contribution in [2.75, 3.05) is 13.1 Å². The molecule has 0 saturated carbocycles. The van der Waals surface area contributed by atoms with Crippen molar-refractivity contribution in [1.82, 2.24) is 10.2 Å². The van der Waals surface area contributed by atoms with Gasteiger partial charge in [0.05, 0.1) is 5.25 Å². The predicted molar refractivity (Wildman–Crippen MR) is 103 cm³/mol. The average Bonchev–Trinajstić information content (AvgIpc) is 3.30. The Morgan fingerprint density at radius 2 is 1.76 bits per heavy atom. The Bertz CT molecular complexity index is 713. The van der Waals surface area contributed by atoms with Crippen LogP contribution < -0.4 is 5.32 Å². The number of likely N-dealkylation sites (tertiary alicyclic amines) is 1. The maximum atomic E-state index is 12.4. The Labute approximate surface area is 153 Å². The highest BCUT2D eigenvalue weighted by molar-refractivity contribution is 8.01. The quantitative estimate of drug-likeness (QED) is 0.892. The molecule has 2 aliphatic rings. The van der Waals surface area contributed by atoms with Gasteiger partial charge in [-0.05, 0) is 55.1 Å². The number of benzene rings is 2. The summed E-state index contributed by atoms with van der Waals surface area (Å²) < 4.78 is 0. The van der Waals surface area contributed by atoms with Crippen LogP contribution in [0.2, 0.25) is 0 Å². The van der Waals surface area contributed by atoms with Gasteiger partial charge in [0.1, 0.15) is 0 Å². The van der Waals surface area contributed by atoms with Crippen LogP contribution in [0.15, 0.2) is 53.4 Å². The predicted octanol–water partition coefficient (Wildman–Crippen LogP) is 3.62. The van der Waals surface area contributed by atoms with E-state index < -0.39 is 0 Å².